The van der Waals surface area contributed by atoms with E-state index in [0.717, 1.165) is 78.2 Å². The first-order chi connectivity index (χ1) is 28.7. The zero-order valence-corrected chi connectivity index (χ0v) is 31.5. The third kappa shape index (κ3) is 4.90. The predicted octanol–water partition coefficient (Wildman–Crippen LogP) is 12.3. The monoisotopic (exact) mass is 741 g/mol. The number of hydrogen-bond donors (Lipinski definition) is 0. The van der Waals surface area contributed by atoms with Gasteiger partial charge in [0.2, 0.25) is 0 Å². The Hall–Kier alpha value is -7.76. The Bertz CT molecular complexity index is 3100. The molecule has 5 nitrogen and oxygen atoms in total. The fourth-order valence-electron chi connectivity index (χ4n) is 9.17. The molecule has 11 rings (SSSR count). The first kappa shape index (κ1) is 33.6. The molecule has 1 unspecified atom stereocenters. The van der Waals surface area contributed by atoms with Gasteiger partial charge in [0.05, 0.1) is 16.7 Å². The van der Waals surface area contributed by atoms with E-state index in [2.05, 4.69) is 133 Å². The summed E-state index contributed by atoms with van der Waals surface area (Å²) in [5, 5.41) is 0. The van der Waals surface area contributed by atoms with E-state index in [1.807, 2.05) is 72.8 Å². The van der Waals surface area contributed by atoms with Crippen molar-refractivity contribution in [1.29, 1.82) is 0 Å². The van der Waals surface area contributed by atoms with E-state index in [0.29, 0.717) is 17.5 Å². The van der Waals surface area contributed by atoms with Gasteiger partial charge >= 0.3 is 0 Å². The molecule has 272 valence electrons. The van der Waals surface area contributed by atoms with Crippen LogP contribution in [0.2, 0.25) is 0 Å². The third-order valence-corrected chi connectivity index (χ3v) is 11.6. The van der Waals surface area contributed by atoms with Gasteiger partial charge in [0, 0.05) is 22.3 Å². The van der Waals surface area contributed by atoms with Gasteiger partial charge in [0.25, 0.3) is 0 Å². The molecule has 0 saturated carbocycles. The van der Waals surface area contributed by atoms with Crippen LogP contribution in [0.1, 0.15) is 22.5 Å². The molecule has 9 aromatic rings. The molecule has 0 N–H and O–H groups in total. The molecule has 1 aliphatic carbocycles. The molecule has 3 heterocycles. The Morgan fingerprint density at radius 1 is 0.448 bits per heavy atom. The number of fused-ring (bicyclic) bond motifs is 9. The summed E-state index contributed by atoms with van der Waals surface area (Å²) < 4.78 is 2.36. The lowest BCUT2D eigenvalue weighted by Crippen LogP contribution is -2.28. The Morgan fingerprint density at radius 2 is 0.983 bits per heavy atom. The molecule has 0 radical (unpaired) electrons. The van der Waals surface area contributed by atoms with E-state index >= 15 is 0 Å². The molecule has 0 saturated heterocycles. The Labute approximate surface area is 336 Å². The topological polar surface area (TPSA) is 56.5 Å². The number of hydrogen-bond acceptors (Lipinski definition) is 4. The summed E-state index contributed by atoms with van der Waals surface area (Å²) >= 11 is 0. The molecule has 1 aliphatic heterocycles. The van der Waals surface area contributed by atoms with Gasteiger partial charge in [0.1, 0.15) is 11.2 Å². The van der Waals surface area contributed by atoms with Gasteiger partial charge in [-0.25, -0.2) is 19.9 Å². The van der Waals surface area contributed by atoms with Gasteiger partial charge in [-0.3, -0.25) is 4.57 Å². The maximum atomic E-state index is 5.43. The fourth-order valence-corrected chi connectivity index (χ4v) is 9.17. The maximum absolute atomic E-state index is 5.43. The molecule has 5 heteroatoms. The van der Waals surface area contributed by atoms with Crippen LogP contribution in [0, 0.1) is 0 Å². The van der Waals surface area contributed by atoms with Crippen molar-refractivity contribution in [3.8, 4) is 62.1 Å². The highest BCUT2D eigenvalue weighted by molar-refractivity contribution is 5.97. The van der Waals surface area contributed by atoms with Gasteiger partial charge in [-0.05, 0) is 74.9 Å². The number of nitrogens with zero attached hydrogens (tertiary/aromatic N) is 5. The first-order valence-corrected chi connectivity index (χ1v) is 19.5. The lowest BCUT2D eigenvalue weighted by atomic mass is 9.69. The highest BCUT2D eigenvalue weighted by atomic mass is 15.1. The van der Waals surface area contributed by atoms with E-state index in [4.69, 9.17) is 19.9 Å². The van der Waals surface area contributed by atoms with Crippen molar-refractivity contribution in [3.05, 3.63) is 229 Å². The SMILES string of the molecule is C=CC1=C(C=C)C2(c3ccccc31)c1c(-c3cccc(-c4cccc(-c5nc(-c6ccccc6)nc(-c6ccccc6)n5)c4)c3)cccc1-n1c2nc2ccccc21. The summed E-state index contributed by atoms with van der Waals surface area (Å²) in [5.41, 5.74) is 15.4. The second-order valence-electron chi connectivity index (χ2n) is 14.7. The summed E-state index contributed by atoms with van der Waals surface area (Å²) in [4.78, 5) is 20.4. The van der Waals surface area contributed by atoms with Crippen LogP contribution < -0.4 is 0 Å². The van der Waals surface area contributed by atoms with Crippen molar-refractivity contribution >= 4 is 16.6 Å². The molecule has 0 bridgehead atoms. The first-order valence-electron chi connectivity index (χ1n) is 19.5. The average molecular weight is 742 g/mol. The Morgan fingerprint density at radius 3 is 1.67 bits per heavy atom. The molecule has 0 fully saturated rings. The largest absolute Gasteiger partial charge is 0.295 e. The molecule has 2 aromatic heterocycles. The zero-order chi connectivity index (χ0) is 38.8. The Balaban J connectivity index is 1.09. The highest BCUT2D eigenvalue weighted by Gasteiger charge is 2.55. The maximum Gasteiger partial charge on any atom is 0.164 e. The van der Waals surface area contributed by atoms with Crippen molar-refractivity contribution in [1.82, 2.24) is 24.5 Å². The van der Waals surface area contributed by atoms with Crippen molar-refractivity contribution in [2.75, 3.05) is 0 Å². The van der Waals surface area contributed by atoms with E-state index in [1.54, 1.807) is 0 Å². The van der Waals surface area contributed by atoms with Crippen LogP contribution in [-0.2, 0) is 5.41 Å². The predicted molar refractivity (Wildman–Crippen MR) is 235 cm³/mol. The zero-order valence-electron chi connectivity index (χ0n) is 31.5. The molecule has 2 aliphatic rings. The van der Waals surface area contributed by atoms with E-state index in [1.165, 1.54) is 11.1 Å². The molecule has 58 heavy (non-hydrogen) atoms. The molecular formula is C53H35N5. The normalized spacial score (nSPS) is 15.0. The standard InChI is InChI=1S/C53H35N5/c1-3-40-42-26-11-12-28-44(42)53(43(40)4-2)48-41(27-17-31-47(48)58-46-30-14-13-29-45(46)54-52(53)58)38-24-15-22-36(32-38)37-23-16-25-39(33-37)51-56-49(34-18-7-5-8-19-34)55-50(57-51)35-20-9-6-10-21-35/h3-33H,1-2H2. The van der Waals surface area contributed by atoms with Gasteiger partial charge in [0.15, 0.2) is 17.5 Å². The number of benzene rings is 7. The smallest absolute Gasteiger partial charge is 0.164 e. The Kier molecular flexibility index (Phi) is 7.63. The summed E-state index contributed by atoms with van der Waals surface area (Å²) in [6, 6.07) is 61.2. The number of aromatic nitrogens is 5. The van der Waals surface area contributed by atoms with Crippen LogP contribution in [0.4, 0.5) is 0 Å². The molecule has 7 aromatic carbocycles. The van der Waals surface area contributed by atoms with Gasteiger partial charge < -0.3 is 0 Å². The molecule has 0 amide bonds. The summed E-state index contributed by atoms with van der Waals surface area (Å²) in [6.07, 6.45) is 3.99. The second-order valence-corrected chi connectivity index (χ2v) is 14.7. The average Bonchev–Trinajstić information content (AvgIpc) is 3.92. The van der Waals surface area contributed by atoms with Crippen LogP contribution in [0.25, 0.3) is 78.7 Å². The van der Waals surface area contributed by atoms with Crippen LogP contribution in [0.15, 0.2) is 207 Å². The quantitative estimate of drug-likeness (QED) is 0.163. The van der Waals surface area contributed by atoms with Crippen molar-refractivity contribution in [3.63, 3.8) is 0 Å². The molecular weight excluding hydrogens is 707 g/mol. The lowest BCUT2D eigenvalue weighted by molar-refractivity contribution is 0.733. The van der Waals surface area contributed by atoms with Crippen LogP contribution in [0.5, 0.6) is 0 Å². The van der Waals surface area contributed by atoms with Gasteiger partial charge in [-0.15, -0.1) is 0 Å². The number of allylic oxidation sites excluding steroid dienone is 4. The lowest BCUT2D eigenvalue weighted by Gasteiger charge is -2.30. The summed E-state index contributed by atoms with van der Waals surface area (Å²) in [5.74, 6) is 2.87. The fraction of sp³-hybridized carbons (Fsp3) is 0.0189. The van der Waals surface area contributed by atoms with Gasteiger partial charge in [-0.1, -0.05) is 171 Å². The van der Waals surface area contributed by atoms with Crippen molar-refractivity contribution in [2.45, 2.75) is 5.41 Å². The van der Waals surface area contributed by atoms with E-state index < -0.39 is 5.41 Å². The molecule has 1 spiro atoms. The number of imidazole rings is 1. The minimum atomic E-state index is -0.700. The number of rotatable bonds is 7. The minimum Gasteiger partial charge on any atom is -0.295 e. The highest BCUT2D eigenvalue weighted by Crippen LogP contribution is 2.61. The van der Waals surface area contributed by atoms with Crippen LogP contribution >= 0.6 is 0 Å². The van der Waals surface area contributed by atoms with E-state index in [-0.39, 0.29) is 0 Å². The minimum absolute atomic E-state index is 0.622. The van der Waals surface area contributed by atoms with Crippen molar-refractivity contribution in [2.24, 2.45) is 0 Å². The van der Waals surface area contributed by atoms with Crippen LogP contribution in [-0.4, -0.2) is 24.5 Å². The van der Waals surface area contributed by atoms with E-state index in [9.17, 15) is 0 Å². The van der Waals surface area contributed by atoms with Crippen molar-refractivity contribution < 1.29 is 0 Å². The van der Waals surface area contributed by atoms with Gasteiger partial charge in [-0.2, -0.15) is 0 Å². The van der Waals surface area contributed by atoms with Crippen LogP contribution in [0.3, 0.4) is 0 Å². The summed E-state index contributed by atoms with van der Waals surface area (Å²) in [6.45, 7) is 8.72. The number of para-hydroxylation sites is 2. The second kappa shape index (κ2) is 13.2. The third-order valence-electron chi connectivity index (χ3n) is 11.6. The molecule has 1 atom stereocenters. The summed E-state index contributed by atoms with van der Waals surface area (Å²) in [7, 11) is 0.